The van der Waals surface area contributed by atoms with Crippen molar-refractivity contribution in [2.24, 2.45) is 5.41 Å². The van der Waals surface area contributed by atoms with E-state index >= 15 is 0 Å². The highest BCUT2D eigenvalue weighted by Crippen LogP contribution is 2.33. The van der Waals surface area contributed by atoms with E-state index in [1.165, 1.54) is 6.07 Å². The minimum Gasteiger partial charge on any atom is -0.497 e. The summed E-state index contributed by atoms with van der Waals surface area (Å²) in [4.78, 5) is 57.0. The van der Waals surface area contributed by atoms with Gasteiger partial charge in [0.25, 0.3) is 17.4 Å². The smallest absolute Gasteiger partial charge is 0.261 e. The molecule has 1 aromatic heterocycles. The van der Waals surface area contributed by atoms with Gasteiger partial charge < -0.3 is 19.5 Å². The second-order valence-corrected chi connectivity index (χ2v) is 9.16. The summed E-state index contributed by atoms with van der Waals surface area (Å²) in [7, 11) is 1.55. The summed E-state index contributed by atoms with van der Waals surface area (Å²) in [6, 6.07) is 8.39. The molecule has 0 unspecified atom stereocenters. The minimum absolute atomic E-state index is 0.0237. The molecule has 0 bridgehead atoms. The van der Waals surface area contributed by atoms with Crippen molar-refractivity contribution in [1.82, 2.24) is 14.8 Å². The van der Waals surface area contributed by atoms with Crippen LogP contribution >= 0.6 is 0 Å². The van der Waals surface area contributed by atoms with Crippen LogP contribution in [0.3, 0.4) is 0 Å². The number of ether oxygens (including phenoxy) is 1. The summed E-state index contributed by atoms with van der Waals surface area (Å²) in [5, 5.41) is 0. The van der Waals surface area contributed by atoms with Crippen molar-refractivity contribution < 1.29 is 19.1 Å². The molecular weight excluding hydrogens is 410 g/mol. The maximum atomic E-state index is 13.0. The summed E-state index contributed by atoms with van der Waals surface area (Å²) < 4.78 is 5.18. The minimum atomic E-state index is -0.478. The van der Waals surface area contributed by atoms with Gasteiger partial charge in [0.05, 0.1) is 7.11 Å². The summed E-state index contributed by atoms with van der Waals surface area (Å²) >= 11 is 0. The van der Waals surface area contributed by atoms with E-state index in [0.29, 0.717) is 61.6 Å². The number of H-pyrrole nitrogens is 1. The first-order chi connectivity index (χ1) is 15.2. The first-order valence-corrected chi connectivity index (χ1v) is 10.7. The molecule has 2 amide bonds. The molecule has 32 heavy (non-hydrogen) atoms. The van der Waals surface area contributed by atoms with Gasteiger partial charge in [-0.15, -0.1) is 0 Å². The van der Waals surface area contributed by atoms with Crippen molar-refractivity contribution in [2.45, 2.75) is 26.7 Å². The summed E-state index contributed by atoms with van der Waals surface area (Å²) in [5.74, 6) is 0.000453. The summed E-state index contributed by atoms with van der Waals surface area (Å²) in [5.41, 5.74) is 0.834. The topological polar surface area (TPSA) is 99.8 Å². The van der Waals surface area contributed by atoms with E-state index in [2.05, 4.69) is 4.98 Å². The van der Waals surface area contributed by atoms with Gasteiger partial charge in [-0.05, 0) is 36.1 Å². The molecule has 0 spiro atoms. The molecular formula is C24H27N3O5. The van der Waals surface area contributed by atoms with Crippen LogP contribution in [-0.4, -0.2) is 65.7 Å². The standard InChI is InChI=1S/C24H27N3O5/c1-24(2)13-19-17(20(28)14-24)12-18(21(29)25-19)23(31)27-9-7-26(8-10-27)22(30)15-5-4-6-16(11-15)32-3/h4-6,11-12H,7-10,13-14H2,1-3H3,(H,25,29). The zero-order valence-corrected chi connectivity index (χ0v) is 18.6. The van der Waals surface area contributed by atoms with Gasteiger partial charge in [-0.25, -0.2) is 0 Å². The molecule has 0 saturated carbocycles. The number of carbonyl (C=O) groups is 3. The van der Waals surface area contributed by atoms with E-state index in [1.54, 1.807) is 41.2 Å². The molecule has 0 radical (unpaired) electrons. The molecule has 2 heterocycles. The number of aromatic amines is 1. The van der Waals surface area contributed by atoms with Crippen molar-refractivity contribution in [1.29, 1.82) is 0 Å². The van der Waals surface area contributed by atoms with Gasteiger partial charge in [0.15, 0.2) is 5.78 Å². The highest BCUT2D eigenvalue weighted by Gasteiger charge is 2.34. The molecule has 2 aromatic rings. The predicted octanol–water partition coefficient (Wildman–Crippen LogP) is 2.14. The van der Waals surface area contributed by atoms with Crippen LogP contribution in [0.25, 0.3) is 0 Å². The number of hydrogen-bond acceptors (Lipinski definition) is 5. The third-order valence-corrected chi connectivity index (χ3v) is 6.12. The number of rotatable bonds is 3. The number of amides is 2. The number of pyridine rings is 1. The Morgan fingerprint density at radius 2 is 1.62 bits per heavy atom. The van der Waals surface area contributed by atoms with Gasteiger partial charge >= 0.3 is 0 Å². The highest BCUT2D eigenvalue weighted by molar-refractivity contribution is 6.02. The Morgan fingerprint density at radius 3 is 2.28 bits per heavy atom. The molecule has 1 aromatic carbocycles. The number of hydrogen-bond donors (Lipinski definition) is 1. The van der Waals surface area contributed by atoms with Gasteiger partial charge in [0, 0.05) is 49.4 Å². The molecule has 168 valence electrons. The van der Waals surface area contributed by atoms with Crippen LogP contribution in [0.15, 0.2) is 35.1 Å². The third-order valence-electron chi connectivity index (χ3n) is 6.12. The first-order valence-electron chi connectivity index (χ1n) is 10.7. The lowest BCUT2D eigenvalue weighted by Gasteiger charge is -2.35. The lowest BCUT2D eigenvalue weighted by atomic mass is 9.75. The molecule has 1 fully saturated rings. The quantitative estimate of drug-likeness (QED) is 0.793. The van der Waals surface area contributed by atoms with E-state index < -0.39 is 11.5 Å². The molecule has 1 aliphatic carbocycles. The van der Waals surface area contributed by atoms with Crippen LogP contribution < -0.4 is 10.3 Å². The fourth-order valence-electron chi connectivity index (χ4n) is 4.41. The Morgan fingerprint density at radius 1 is 0.969 bits per heavy atom. The number of carbonyl (C=O) groups excluding carboxylic acids is 3. The van der Waals surface area contributed by atoms with E-state index in [0.717, 1.165) is 0 Å². The maximum absolute atomic E-state index is 13.0. The van der Waals surface area contributed by atoms with Crippen LogP contribution in [0.1, 0.15) is 57.0 Å². The van der Waals surface area contributed by atoms with Gasteiger partial charge in [0.2, 0.25) is 0 Å². The van der Waals surface area contributed by atoms with Crippen molar-refractivity contribution in [3.8, 4) is 5.75 Å². The summed E-state index contributed by atoms with van der Waals surface area (Å²) in [6.45, 7) is 5.31. The molecule has 8 nitrogen and oxygen atoms in total. The average Bonchev–Trinajstić information content (AvgIpc) is 2.77. The van der Waals surface area contributed by atoms with Crippen molar-refractivity contribution in [3.05, 3.63) is 63.1 Å². The maximum Gasteiger partial charge on any atom is 0.261 e. The molecule has 2 aliphatic rings. The number of benzene rings is 1. The molecule has 4 rings (SSSR count). The zero-order valence-electron chi connectivity index (χ0n) is 18.6. The van der Waals surface area contributed by atoms with Crippen LogP contribution in [0, 0.1) is 5.41 Å². The lowest BCUT2D eigenvalue weighted by molar-refractivity contribution is 0.0534. The fourth-order valence-corrected chi connectivity index (χ4v) is 4.41. The van der Waals surface area contributed by atoms with Crippen LogP contribution in [0.4, 0.5) is 0 Å². The number of aromatic nitrogens is 1. The van der Waals surface area contributed by atoms with E-state index in [1.807, 2.05) is 13.8 Å². The zero-order chi connectivity index (χ0) is 23.0. The second kappa shape index (κ2) is 8.26. The normalized spacial score (nSPS) is 17.7. The average molecular weight is 437 g/mol. The third kappa shape index (κ3) is 4.17. The van der Waals surface area contributed by atoms with Crippen LogP contribution in [0.2, 0.25) is 0 Å². The Bertz CT molecular complexity index is 1140. The van der Waals surface area contributed by atoms with Crippen molar-refractivity contribution in [3.63, 3.8) is 0 Å². The monoisotopic (exact) mass is 437 g/mol. The molecule has 1 N–H and O–H groups in total. The number of Topliss-reactive ketones (excluding diaryl/α,β-unsaturated/α-hetero) is 1. The van der Waals surface area contributed by atoms with Crippen LogP contribution in [0.5, 0.6) is 5.75 Å². The van der Waals surface area contributed by atoms with Gasteiger partial charge in [0.1, 0.15) is 11.3 Å². The SMILES string of the molecule is COc1cccc(C(=O)N2CCN(C(=O)c3cc4c([nH]c3=O)CC(C)(C)CC4=O)CC2)c1. The second-order valence-electron chi connectivity index (χ2n) is 9.16. The van der Waals surface area contributed by atoms with E-state index in [4.69, 9.17) is 4.74 Å². The number of ketones is 1. The van der Waals surface area contributed by atoms with E-state index in [9.17, 15) is 19.2 Å². The lowest BCUT2D eigenvalue weighted by Crippen LogP contribution is -2.51. The number of piperazine rings is 1. The number of nitrogens with one attached hydrogen (secondary N) is 1. The van der Waals surface area contributed by atoms with E-state index in [-0.39, 0.29) is 22.7 Å². The van der Waals surface area contributed by atoms with Gasteiger partial charge in [-0.2, -0.15) is 0 Å². The molecule has 1 saturated heterocycles. The summed E-state index contributed by atoms with van der Waals surface area (Å²) in [6.07, 6.45) is 0.966. The molecule has 8 heteroatoms. The van der Waals surface area contributed by atoms with Crippen LogP contribution in [-0.2, 0) is 6.42 Å². The number of nitrogens with zero attached hydrogens (tertiary/aromatic N) is 2. The van der Waals surface area contributed by atoms with Gasteiger partial charge in [-0.3, -0.25) is 19.2 Å². The Labute approximate surface area is 186 Å². The Balaban J connectivity index is 1.47. The van der Waals surface area contributed by atoms with Crippen molar-refractivity contribution >= 4 is 17.6 Å². The number of methoxy groups -OCH3 is 1. The Hall–Kier alpha value is -3.42. The predicted molar refractivity (Wildman–Crippen MR) is 118 cm³/mol. The van der Waals surface area contributed by atoms with Crippen molar-refractivity contribution in [2.75, 3.05) is 33.3 Å². The largest absolute Gasteiger partial charge is 0.497 e. The first kappa shape index (κ1) is 21.8. The highest BCUT2D eigenvalue weighted by atomic mass is 16.5. The fraction of sp³-hybridized carbons (Fsp3) is 0.417. The Kier molecular flexibility index (Phi) is 5.62. The molecule has 0 atom stereocenters. The number of fused-ring (bicyclic) bond motifs is 1. The molecule has 1 aliphatic heterocycles. The van der Waals surface area contributed by atoms with Gasteiger partial charge in [-0.1, -0.05) is 19.9 Å².